The number of benzene rings is 1. The highest BCUT2D eigenvalue weighted by atomic mass is 32.2. The molecule has 1 atom stereocenters. The third kappa shape index (κ3) is 2.62. The van der Waals surface area contributed by atoms with Crippen LogP contribution in [0, 0.1) is 0 Å². The van der Waals surface area contributed by atoms with E-state index in [1.165, 1.54) is 0 Å². The van der Waals surface area contributed by atoms with Crippen molar-refractivity contribution >= 4 is 9.84 Å². The van der Waals surface area contributed by atoms with Crippen LogP contribution in [0.25, 0.3) is 0 Å². The van der Waals surface area contributed by atoms with Gasteiger partial charge in [-0.25, -0.2) is 8.42 Å². The van der Waals surface area contributed by atoms with Crippen LogP contribution in [-0.2, 0) is 14.6 Å². The fourth-order valence-electron chi connectivity index (χ4n) is 3.34. The summed E-state index contributed by atoms with van der Waals surface area (Å²) in [6.45, 7) is 0. The lowest BCUT2D eigenvalue weighted by Crippen LogP contribution is -2.38. The minimum Gasteiger partial charge on any atom is -0.381 e. The molecule has 2 aliphatic rings. The average molecular weight is 295 g/mol. The zero-order valence-corrected chi connectivity index (χ0v) is 12.5. The topological polar surface area (TPSA) is 55.4 Å². The maximum absolute atomic E-state index is 12.1. The summed E-state index contributed by atoms with van der Waals surface area (Å²) >= 11 is 0. The van der Waals surface area contributed by atoms with Gasteiger partial charge in [0.1, 0.15) is 0 Å². The summed E-state index contributed by atoms with van der Waals surface area (Å²) in [7, 11) is -1.35. The summed E-state index contributed by atoms with van der Waals surface area (Å²) in [6, 6.07) is 7.69. The van der Waals surface area contributed by atoms with E-state index in [9.17, 15) is 8.42 Å². The highest BCUT2D eigenvalue weighted by Gasteiger charge is 2.35. The molecule has 3 rings (SSSR count). The second-order valence-electron chi connectivity index (χ2n) is 5.75. The number of nitrogens with one attached hydrogen (secondary N) is 1. The standard InChI is InChI=1S/C15H21NO3S/c1-19-12-8-6-11(7-9-12)16-14-10-20(17,18)15-5-3-2-4-13(14)15/h2-5,11-12,14,16H,6-10H2,1H3. The van der Waals surface area contributed by atoms with E-state index in [1.54, 1.807) is 19.2 Å². The van der Waals surface area contributed by atoms with Gasteiger partial charge in [-0.15, -0.1) is 0 Å². The molecule has 0 spiro atoms. The van der Waals surface area contributed by atoms with Crippen molar-refractivity contribution in [3.63, 3.8) is 0 Å². The van der Waals surface area contributed by atoms with E-state index in [0.717, 1.165) is 31.2 Å². The van der Waals surface area contributed by atoms with Crippen LogP contribution in [0.3, 0.4) is 0 Å². The third-order valence-electron chi connectivity index (χ3n) is 4.46. The number of ether oxygens (including phenoxy) is 1. The van der Waals surface area contributed by atoms with Gasteiger partial charge in [0.15, 0.2) is 9.84 Å². The van der Waals surface area contributed by atoms with E-state index >= 15 is 0 Å². The van der Waals surface area contributed by atoms with Crippen LogP contribution in [-0.4, -0.2) is 33.4 Å². The lowest BCUT2D eigenvalue weighted by Gasteiger charge is -2.30. The average Bonchev–Trinajstić information content (AvgIpc) is 2.72. The van der Waals surface area contributed by atoms with Crippen molar-refractivity contribution in [2.24, 2.45) is 0 Å². The highest BCUT2D eigenvalue weighted by Crippen LogP contribution is 2.34. The maximum Gasteiger partial charge on any atom is 0.180 e. The van der Waals surface area contributed by atoms with Crippen molar-refractivity contribution in [1.82, 2.24) is 5.32 Å². The zero-order valence-electron chi connectivity index (χ0n) is 11.7. The van der Waals surface area contributed by atoms with Gasteiger partial charge in [0.25, 0.3) is 0 Å². The van der Waals surface area contributed by atoms with E-state index in [1.807, 2.05) is 12.1 Å². The number of sulfone groups is 1. The van der Waals surface area contributed by atoms with Crippen molar-refractivity contribution in [3.8, 4) is 0 Å². The molecule has 0 radical (unpaired) electrons. The van der Waals surface area contributed by atoms with Crippen molar-refractivity contribution < 1.29 is 13.2 Å². The Bertz CT molecular complexity index is 577. The molecule has 1 fully saturated rings. The van der Waals surface area contributed by atoms with Crippen molar-refractivity contribution in [3.05, 3.63) is 29.8 Å². The Balaban J connectivity index is 1.71. The molecule has 1 unspecified atom stereocenters. The minimum atomic E-state index is -3.11. The maximum atomic E-state index is 12.1. The molecule has 1 aromatic carbocycles. The normalized spacial score (nSPS) is 31.9. The zero-order chi connectivity index (χ0) is 14.2. The van der Waals surface area contributed by atoms with Crippen LogP contribution in [0.15, 0.2) is 29.2 Å². The van der Waals surface area contributed by atoms with Crippen LogP contribution in [0.2, 0.25) is 0 Å². The van der Waals surface area contributed by atoms with Crippen LogP contribution < -0.4 is 5.32 Å². The second-order valence-corrected chi connectivity index (χ2v) is 7.75. The fraction of sp³-hybridized carbons (Fsp3) is 0.600. The fourth-order valence-corrected chi connectivity index (χ4v) is 5.09. The monoisotopic (exact) mass is 295 g/mol. The Morgan fingerprint density at radius 3 is 2.55 bits per heavy atom. The van der Waals surface area contributed by atoms with E-state index in [2.05, 4.69) is 5.32 Å². The first-order chi connectivity index (χ1) is 9.60. The molecule has 5 heteroatoms. The third-order valence-corrected chi connectivity index (χ3v) is 6.27. The number of fused-ring (bicyclic) bond motifs is 1. The van der Waals surface area contributed by atoms with Gasteiger partial charge in [-0.2, -0.15) is 0 Å². The number of hydrogen-bond acceptors (Lipinski definition) is 4. The van der Waals surface area contributed by atoms with Crippen LogP contribution in [0.5, 0.6) is 0 Å². The number of rotatable bonds is 3. The quantitative estimate of drug-likeness (QED) is 0.927. The predicted molar refractivity (Wildman–Crippen MR) is 77.4 cm³/mol. The SMILES string of the molecule is COC1CCC(NC2CS(=O)(=O)c3ccccc32)CC1. The molecule has 0 aromatic heterocycles. The molecule has 1 heterocycles. The Kier molecular flexibility index (Phi) is 3.84. The molecular formula is C15H21NO3S. The van der Waals surface area contributed by atoms with E-state index in [-0.39, 0.29) is 11.8 Å². The van der Waals surface area contributed by atoms with Gasteiger partial charge in [-0.3, -0.25) is 0 Å². The lowest BCUT2D eigenvalue weighted by molar-refractivity contribution is 0.0614. The van der Waals surface area contributed by atoms with Gasteiger partial charge in [0.2, 0.25) is 0 Å². The molecule has 0 amide bonds. The smallest absolute Gasteiger partial charge is 0.180 e. The Hall–Kier alpha value is -0.910. The predicted octanol–water partition coefficient (Wildman–Crippen LogP) is 2.06. The Morgan fingerprint density at radius 1 is 1.15 bits per heavy atom. The molecule has 1 aromatic rings. The van der Waals surface area contributed by atoms with Crippen molar-refractivity contribution in [2.75, 3.05) is 12.9 Å². The molecular weight excluding hydrogens is 274 g/mol. The minimum absolute atomic E-state index is 0.0553. The molecule has 110 valence electrons. The lowest BCUT2D eigenvalue weighted by atomic mass is 9.92. The Labute approximate surface area is 120 Å². The van der Waals surface area contributed by atoms with Gasteiger partial charge in [0.05, 0.1) is 16.8 Å². The summed E-state index contributed by atoms with van der Waals surface area (Å²) < 4.78 is 29.7. The van der Waals surface area contributed by atoms with Crippen LogP contribution in [0.4, 0.5) is 0 Å². The van der Waals surface area contributed by atoms with E-state index in [0.29, 0.717) is 17.0 Å². The molecule has 20 heavy (non-hydrogen) atoms. The first-order valence-corrected chi connectivity index (χ1v) is 8.86. The van der Waals surface area contributed by atoms with Crippen molar-refractivity contribution in [2.45, 2.75) is 48.8 Å². The molecule has 4 nitrogen and oxygen atoms in total. The van der Waals surface area contributed by atoms with Crippen molar-refractivity contribution in [1.29, 1.82) is 0 Å². The van der Waals surface area contributed by atoms with Gasteiger partial charge >= 0.3 is 0 Å². The Morgan fingerprint density at radius 2 is 1.85 bits per heavy atom. The number of hydrogen-bond donors (Lipinski definition) is 1. The summed E-state index contributed by atoms with van der Waals surface area (Å²) in [5.74, 6) is 0.191. The van der Waals surface area contributed by atoms with Gasteiger partial charge < -0.3 is 10.1 Å². The largest absolute Gasteiger partial charge is 0.381 e. The molecule has 0 saturated heterocycles. The first-order valence-electron chi connectivity index (χ1n) is 7.20. The molecule has 1 N–H and O–H groups in total. The van der Waals surface area contributed by atoms with Gasteiger partial charge in [0, 0.05) is 19.2 Å². The second kappa shape index (κ2) is 5.47. The summed E-state index contributed by atoms with van der Waals surface area (Å²) in [6.07, 6.45) is 4.58. The van der Waals surface area contributed by atoms with Gasteiger partial charge in [-0.1, -0.05) is 18.2 Å². The summed E-state index contributed by atoms with van der Waals surface area (Å²) in [5, 5.41) is 3.54. The first kappa shape index (κ1) is 14.0. The van der Waals surface area contributed by atoms with E-state index < -0.39 is 9.84 Å². The van der Waals surface area contributed by atoms with E-state index in [4.69, 9.17) is 4.74 Å². The molecule has 1 aliphatic carbocycles. The summed E-state index contributed by atoms with van der Waals surface area (Å²) in [4.78, 5) is 0.503. The highest BCUT2D eigenvalue weighted by molar-refractivity contribution is 7.91. The van der Waals surface area contributed by atoms with Crippen LogP contribution >= 0.6 is 0 Å². The molecule has 1 aliphatic heterocycles. The number of methoxy groups -OCH3 is 1. The van der Waals surface area contributed by atoms with Gasteiger partial charge in [-0.05, 0) is 37.3 Å². The molecule has 1 saturated carbocycles. The van der Waals surface area contributed by atoms with Crippen LogP contribution in [0.1, 0.15) is 37.3 Å². The summed E-state index contributed by atoms with van der Waals surface area (Å²) in [5.41, 5.74) is 0.932. The molecule has 0 bridgehead atoms.